The molecule has 106 valence electrons. The lowest BCUT2D eigenvalue weighted by atomic mass is 9.87. The van der Waals surface area contributed by atoms with Crippen LogP contribution < -0.4 is 5.32 Å². The first-order valence-corrected chi connectivity index (χ1v) is 6.69. The van der Waals surface area contributed by atoms with E-state index >= 15 is 0 Å². The largest absolute Gasteiger partial charge is 0.359 e. The highest BCUT2D eigenvalue weighted by molar-refractivity contribution is 6.03. The van der Waals surface area contributed by atoms with Crippen molar-refractivity contribution in [3.8, 4) is 6.07 Å². The second kappa shape index (κ2) is 5.76. The van der Waals surface area contributed by atoms with Crippen molar-refractivity contribution in [1.29, 1.82) is 5.26 Å². The quantitative estimate of drug-likeness (QED) is 0.687. The van der Waals surface area contributed by atoms with Crippen molar-refractivity contribution in [2.45, 2.75) is 20.8 Å². The van der Waals surface area contributed by atoms with Crippen LogP contribution in [0.5, 0.6) is 0 Å². The van der Waals surface area contributed by atoms with Gasteiger partial charge in [-0.15, -0.1) is 0 Å². The van der Waals surface area contributed by atoms with E-state index in [1.165, 1.54) is 6.20 Å². The number of rotatable bonds is 3. The molecule has 0 spiro atoms. The lowest BCUT2D eigenvalue weighted by Crippen LogP contribution is -2.22. The maximum absolute atomic E-state index is 12.1. The lowest BCUT2D eigenvalue weighted by molar-refractivity contribution is -0.122. The summed E-state index contributed by atoms with van der Waals surface area (Å²) in [6.45, 7) is 5.37. The van der Waals surface area contributed by atoms with E-state index in [0.29, 0.717) is 0 Å². The third-order valence-electron chi connectivity index (χ3n) is 3.05. The van der Waals surface area contributed by atoms with Crippen LogP contribution in [0.1, 0.15) is 20.8 Å². The highest BCUT2D eigenvalue weighted by atomic mass is 16.1. The minimum Gasteiger partial charge on any atom is -0.359 e. The molecule has 1 heterocycles. The van der Waals surface area contributed by atoms with E-state index < -0.39 is 5.41 Å². The Morgan fingerprint density at radius 2 is 2.00 bits per heavy atom. The molecule has 4 nitrogen and oxygen atoms in total. The Morgan fingerprint density at radius 1 is 1.29 bits per heavy atom. The van der Waals surface area contributed by atoms with Gasteiger partial charge in [0.2, 0.25) is 0 Å². The van der Waals surface area contributed by atoms with E-state index in [1.807, 2.05) is 36.4 Å². The smallest absolute Gasteiger partial charge is 0.180 e. The van der Waals surface area contributed by atoms with Crippen LogP contribution in [-0.4, -0.2) is 10.8 Å². The van der Waals surface area contributed by atoms with E-state index in [-0.39, 0.29) is 11.4 Å². The van der Waals surface area contributed by atoms with Gasteiger partial charge in [-0.25, -0.2) is 0 Å². The number of Topliss-reactive ketones (excluding diaryl/α,β-unsaturated/α-hetero) is 1. The monoisotopic (exact) mass is 279 g/mol. The minimum atomic E-state index is -0.583. The van der Waals surface area contributed by atoms with Gasteiger partial charge in [0.25, 0.3) is 0 Å². The first-order valence-electron chi connectivity index (χ1n) is 6.69. The molecule has 0 saturated heterocycles. The summed E-state index contributed by atoms with van der Waals surface area (Å²) in [5, 5.41) is 13.2. The number of nitriles is 1. The number of nitrogens with one attached hydrogen (secondary N) is 1. The number of anilines is 1. The zero-order chi connectivity index (χ0) is 15.5. The molecule has 0 aliphatic rings. The lowest BCUT2D eigenvalue weighted by Gasteiger charge is -2.15. The first kappa shape index (κ1) is 14.7. The molecule has 1 aromatic heterocycles. The number of nitrogens with zero attached hydrogens (tertiary/aromatic N) is 2. The molecule has 4 heteroatoms. The standard InChI is InChI=1S/C17H17N3O/c1-17(2,3)16(21)13(10-18)11-20-14-8-4-6-12-7-5-9-19-15(12)14/h4-9,11,20H,1-3H3/b13-11+. The molecule has 0 aliphatic heterocycles. The van der Waals surface area contributed by atoms with Gasteiger partial charge in [-0.2, -0.15) is 5.26 Å². The van der Waals surface area contributed by atoms with Crippen molar-refractivity contribution in [3.63, 3.8) is 0 Å². The van der Waals surface area contributed by atoms with E-state index in [2.05, 4.69) is 10.3 Å². The molecule has 2 rings (SSSR count). The number of pyridine rings is 1. The molecule has 0 saturated carbocycles. The number of ketones is 1. The topological polar surface area (TPSA) is 65.8 Å². The van der Waals surface area contributed by atoms with Crippen LogP contribution in [0, 0.1) is 16.7 Å². The molecular formula is C17H17N3O. The predicted molar refractivity (Wildman–Crippen MR) is 83.5 cm³/mol. The third-order valence-corrected chi connectivity index (χ3v) is 3.05. The van der Waals surface area contributed by atoms with Gasteiger partial charge in [0, 0.05) is 23.2 Å². The summed E-state index contributed by atoms with van der Waals surface area (Å²) in [7, 11) is 0. The summed E-state index contributed by atoms with van der Waals surface area (Å²) in [5.41, 5.74) is 1.09. The molecule has 0 aliphatic carbocycles. The van der Waals surface area contributed by atoms with Crippen LogP contribution in [0.25, 0.3) is 10.9 Å². The van der Waals surface area contributed by atoms with E-state index in [1.54, 1.807) is 27.0 Å². The van der Waals surface area contributed by atoms with E-state index in [4.69, 9.17) is 5.26 Å². The molecule has 0 atom stereocenters. The first-order chi connectivity index (χ1) is 9.93. The van der Waals surface area contributed by atoms with Crippen LogP contribution in [0.15, 0.2) is 48.3 Å². The number of fused-ring (bicyclic) bond motifs is 1. The molecule has 21 heavy (non-hydrogen) atoms. The fourth-order valence-electron chi connectivity index (χ4n) is 1.92. The van der Waals surface area contributed by atoms with Gasteiger partial charge in [0.1, 0.15) is 11.6 Å². The highest BCUT2D eigenvalue weighted by Crippen LogP contribution is 2.22. The van der Waals surface area contributed by atoms with Gasteiger partial charge < -0.3 is 5.32 Å². The summed E-state index contributed by atoms with van der Waals surface area (Å²) in [5.74, 6) is -0.189. The van der Waals surface area contributed by atoms with Gasteiger partial charge >= 0.3 is 0 Å². The molecule has 0 amide bonds. The molecule has 2 aromatic rings. The zero-order valence-corrected chi connectivity index (χ0v) is 12.3. The van der Waals surface area contributed by atoms with Crippen molar-refractivity contribution < 1.29 is 4.79 Å². The van der Waals surface area contributed by atoms with E-state index in [0.717, 1.165) is 16.6 Å². The Bertz CT molecular complexity index is 743. The number of allylic oxidation sites excluding steroid dienone is 1. The van der Waals surface area contributed by atoms with Gasteiger partial charge in [0.05, 0.1) is 11.2 Å². The second-order valence-electron chi connectivity index (χ2n) is 5.77. The fourth-order valence-corrected chi connectivity index (χ4v) is 1.92. The van der Waals surface area contributed by atoms with Crippen LogP contribution in [0.2, 0.25) is 0 Å². The average Bonchev–Trinajstić information content (AvgIpc) is 2.47. The summed E-state index contributed by atoms with van der Waals surface area (Å²) in [6.07, 6.45) is 3.17. The molecule has 1 N–H and O–H groups in total. The van der Waals surface area contributed by atoms with Crippen molar-refractivity contribution in [3.05, 3.63) is 48.3 Å². The number of hydrogen-bond acceptors (Lipinski definition) is 4. The molecule has 0 fully saturated rings. The van der Waals surface area contributed by atoms with Gasteiger partial charge in [-0.05, 0) is 12.1 Å². The van der Waals surface area contributed by atoms with Crippen LogP contribution in [-0.2, 0) is 4.79 Å². The van der Waals surface area contributed by atoms with Crippen LogP contribution in [0.3, 0.4) is 0 Å². The summed E-state index contributed by atoms with van der Waals surface area (Å²) >= 11 is 0. The summed E-state index contributed by atoms with van der Waals surface area (Å²) in [4.78, 5) is 16.5. The van der Waals surface area contributed by atoms with Crippen LogP contribution >= 0.6 is 0 Å². The Hall–Kier alpha value is -2.67. The molecular weight excluding hydrogens is 262 g/mol. The molecule has 1 aromatic carbocycles. The van der Waals surface area contributed by atoms with Crippen LogP contribution in [0.4, 0.5) is 5.69 Å². The molecule has 0 radical (unpaired) electrons. The number of benzene rings is 1. The Morgan fingerprint density at radius 3 is 2.67 bits per heavy atom. The summed E-state index contributed by atoms with van der Waals surface area (Å²) < 4.78 is 0. The second-order valence-corrected chi connectivity index (χ2v) is 5.77. The normalized spacial score (nSPS) is 12.0. The number of aromatic nitrogens is 1. The fraction of sp³-hybridized carbons (Fsp3) is 0.235. The highest BCUT2D eigenvalue weighted by Gasteiger charge is 2.24. The SMILES string of the molecule is CC(C)(C)C(=O)/C(C#N)=C/Nc1cccc2cccnc12. The van der Waals surface area contributed by atoms with Gasteiger partial charge in [-0.3, -0.25) is 9.78 Å². The average molecular weight is 279 g/mol. The van der Waals surface area contributed by atoms with E-state index in [9.17, 15) is 4.79 Å². The maximum Gasteiger partial charge on any atom is 0.180 e. The molecule has 0 bridgehead atoms. The Labute approximate surface area is 124 Å². The minimum absolute atomic E-state index is 0.107. The Balaban J connectivity index is 2.34. The maximum atomic E-state index is 12.1. The Kier molecular flexibility index (Phi) is 4.04. The number of hydrogen-bond donors (Lipinski definition) is 1. The summed E-state index contributed by atoms with van der Waals surface area (Å²) in [6, 6.07) is 11.5. The predicted octanol–water partition coefficient (Wildman–Crippen LogP) is 3.67. The van der Waals surface area contributed by atoms with Crippen molar-refractivity contribution in [2.75, 3.05) is 5.32 Å². The van der Waals surface area contributed by atoms with Crippen molar-refractivity contribution in [2.24, 2.45) is 5.41 Å². The van der Waals surface area contributed by atoms with Crippen molar-refractivity contribution >= 4 is 22.4 Å². The molecule has 0 unspecified atom stereocenters. The van der Waals surface area contributed by atoms with Crippen molar-refractivity contribution in [1.82, 2.24) is 4.98 Å². The zero-order valence-electron chi connectivity index (χ0n) is 12.3. The number of carbonyl (C=O) groups is 1. The number of carbonyl (C=O) groups excluding carboxylic acids is 1. The van der Waals surface area contributed by atoms with Gasteiger partial charge in [0.15, 0.2) is 5.78 Å². The number of para-hydroxylation sites is 1. The van der Waals surface area contributed by atoms with Gasteiger partial charge in [-0.1, -0.05) is 39.0 Å². The third kappa shape index (κ3) is 3.26.